The molecule has 0 aliphatic rings. The van der Waals surface area contributed by atoms with E-state index in [2.05, 4.69) is 57.3 Å². The highest BCUT2D eigenvalue weighted by atomic mass is 127. The Morgan fingerprint density at radius 1 is 1.27 bits per heavy atom. The van der Waals surface area contributed by atoms with E-state index in [0.29, 0.717) is 10.7 Å². The number of fused-ring (bicyclic) bond motifs is 1. The van der Waals surface area contributed by atoms with Gasteiger partial charge in [0, 0.05) is 3.57 Å². The first-order valence-electron chi connectivity index (χ1n) is 8.33. The van der Waals surface area contributed by atoms with Crippen molar-refractivity contribution in [2.24, 2.45) is 0 Å². The number of thiocarbonyl (C=S) groups is 1. The van der Waals surface area contributed by atoms with Crippen molar-refractivity contribution < 1.29 is 4.79 Å². The number of aryl methyl sites for hydroxylation is 1. The van der Waals surface area contributed by atoms with Crippen molar-refractivity contribution >= 4 is 72.5 Å². The van der Waals surface area contributed by atoms with Crippen LogP contribution in [0.15, 0.2) is 42.5 Å². The minimum atomic E-state index is -0.226. The van der Waals surface area contributed by atoms with Crippen LogP contribution in [0.2, 0.25) is 0 Å². The highest BCUT2D eigenvalue weighted by molar-refractivity contribution is 14.1. The quantitative estimate of drug-likeness (QED) is 0.369. The predicted molar refractivity (Wildman–Crippen MR) is 121 cm³/mol. The second kappa shape index (κ2) is 8.88. The van der Waals surface area contributed by atoms with Crippen LogP contribution in [0.5, 0.6) is 0 Å². The Hall–Kier alpha value is -1.58. The highest BCUT2D eigenvalue weighted by Crippen LogP contribution is 2.27. The molecule has 0 saturated carbocycles. The monoisotopic (exact) mass is 495 g/mol. The fourth-order valence-electron chi connectivity index (χ4n) is 2.50. The van der Waals surface area contributed by atoms with Crippen LogP contribution >= 0.6 is 46.1 Å². The van der Waals surface area contributed by atoms with Gasteiger partial charge in [-0.1, -0.05) is 42.9 Å². The molecule has 0 aliphatic carbocycles. The predicted octanol–water partition coefficient (Wildman–Crippen LogP) is 5.37. The molecule has 1 heterocycles. The van der Waals surface area contributed by atoms with Gasteiger partial charge in [-0.15, -0.1) is 0 Å². The SMILES string of the molecule is CCCCc1ccc2nc(NC(=S)NC(=O)c3ccccc3I)sc2c1. The lowest BCUT2D eigenvalue weighted by atomic mass is 10.1. The molecule has 0 bridgehead atoms. The first kappa shape index (κ1) is 19.2. The maximum absolute atomic E-state index is 12.3. The summed E-state index contributed by atoms with van der Waals surface area (Å²) in [4.78, 5) is 16.9. The van der Waals surface area contributed by atoms with Gasteiger partial charge >= 0.3 is 0 Å². The van der Waals surface area contributed by atoms with Gasteiger partial charge in [0.2, 0.25) is 0 Å². The van der Waals surface area contributed by atoms with Gasteiger partial charge in [-0.25, -0.2) is 4.98 Å². The van der Waals surface area contributed by atoms with Gasteiger partial charge in [0.1, 0.15) is 0 Å². The van der Waals surface area contributed by atoms with Gasteiger partial charge in [0.25, 0.3) is 5.91 Å². The number of halogens is 1. The van der Waals surface area contributed by atoms with Crippen molar-refractivity contribution in [3.05, 3.63) is 57.2 Å². The first-order valence-corrected chi connectivity index (χ1v) is 10.6. The zero-order chi connectivity index (χ0) is 18.5. The number of carbonyl (C=O) groups is 1. The summed E-state index contributed by atoms with van der Waals surface area (Å²) in [5.74, 6) is -0.226. The van der Waals surface area contributed by atoms with E-state index in [1.807, 2.05) is 24.3 Å². The van der Waals surface area contributed by atoms with Crippen LogP contribution in [-0.2, 0) is 6.42 Å². The van der Waals surface area contributed by atoms with Crippen LogP contribution in [0.3, 0.4) is 0 Å². The molecule has 2 aromatic carbocycles. The number of hydrogen-bond donors (Lipinski definition) is 2. The van der Waals surface area contributed by atoms with Crippen molar-refractivity contribution in [2.75, 3.05) is 5.32 Å². The standard InChI is InChI=1S/C19H18IN3OS2/c1-2-3-6-12-9-10-15-16(11-12)26-19(21-15)23-18(25)22-17(24)13-7-4-5-8-14(13)20/h4-5,7-11H,2-3,6H2,1H3,(H2,21,22,23,24,25). The molecule has 0 aliphatic heterocycles. The molecule has 0 spiro atoms. The number of nitrogens with one attached hydrogen (secondary N) is 2. The van der Waals surface area contributed by atoms with Crippen molar-refractivity contribution in [3.63, 3.8) is 0 Å². The number of rotatable bonds is 5. The summed E-state index contributed by atoms with van der Waals surface area (Å²) in [6, 6.07) is 13.7. The van der Waals surface area contributed by atoms with Crippen molar-refractivity contribution in [1.29, 1.82) is 0 Å². The average molecular weight is 495 g/mol. The molecule has 0 saturated heterocycles. The summed E-state index contributed by atoms with van der Waals surface area (Å²) in [7, 11) is 0. The smallest absolute Gasteiger partial charge is 0.258 e. The second-order valence-corrected chi connectivity index (χ2v) is 8.41. The van der Waals surface area contributed by atoms with Gasteiger partial charge < -0.3 is 5.32 Å². The average Bonchev–Trinajstić information content (AvgIpc) is 3.01. The van der Waals surface area contributed by atoms with Crippen molar-refractivity contribution in [3.8, 4) is 0 Å². The summed E-state index contributed by atoms with van der Waals surface area (Å²) in [5, 5.41) is 6.66. The number of benzene rings is 2. The molecule has 0 unspecified atom stereocenters. The Bertz CT molecular complexity index is 955. The van der Waals surface area contributed by atoms with Crippen LogP contribution in [0, 0.1) is 3.57 Å². The largest absolute Gasteiger partial charge is 0.308 e. The van der Waals surface area contributed by atoms with E-state index in [1.165, 1.54) is 29.7 Å². The molecule has 1 aromatic heterocycles. The molecule has 26 heavy (non-hydrogen) atoms. The third-order valence-corrected chi connectivity index (χ3v) is 5.92. The van der Waals surface area contributed by atoms with Crippen LogP contribution in [-0.4, -0.2) is 16.0 Å². The van der Waals surface area contributed by atoms with Gasteiger partial charge in [0.15, 0.2) is 10.2 Å². The summed E-state index contributed by atoms with van der Waals surface area (Å²) in [6.07, 6.45) is 3.45. The number of aromatic nitrogens is 1. The number of amides is 1. The Labute approximate surface area is 175 Å². The topological polar surface area (TPSA) is 54.0 Å². The summed E-state index contributed by atoms with van der Waals surface area (Å²) in [5.41, 5.74) is 2.86. The van der Waals surface area contributed by atoms with E-state index >= 15 is 0 Å². The Kier molecular flexibility index (Phi) is 6.55. The highest BCUT2D eigenvalue weighted by Gasteiger charge is 2.12. The number of nitrogens with zero attached hydrogens (tertiary/aromatic N) is 1. The molecular weight excluding hydrogens is 477 g/mol. The lowest BCUT2D eigenvalue weighted by molar-refractivity contribution is 0.0977. The second-order valence-electron chi connectivity index (χ2n) is 5.81. The van der Waals surface area contributed by atoms with Gasteiger partial charge in [-0.05, 0) is 77.5 Å². The molecule has 134 valence electrons. The van der Waals surface area contributed by atoms with Crippen LogP contribution in [0.4, 0.5) is 5.13 Å². The number of anilines is 1. The van der Waals surface area contributed by atoms with E-state index in [9.17, 15) is 4.79 Å². The Morgan fingerprint density at radius 3 is 2.85 bits per heavy atom. The Morgan fingerprint density at radius 2 is 2.08 bits per heavy atom. The molecule has 0 atom stereocenters. The van der Waals surface area contributed by atoms with E-state index < -0.39 is 0 Å². The van der Waals surface area contributed by atoms with Crippen molar-refractivity contribution in [2.45, 2.75) is 26.2 Å². The fraction of sp³-hybridized carbons (Fsp3) is 0.211. The maximum Gasteiger partial charge on any atom is 0.258 e. The zero-order valence-electron chi connectivity index (χ0n) is 14.2. The van der Waals surface area contributed by atoms with Crippen molar-refractivity contribution in [1.82, 2.24) is 10.3 Å². The normalized spacial score (nSPS) is 10.7. The summed E-state index contributed by atoms with van der Waals surface area (Å²) in [6.45, 7) is 2.19. The van der Waals surface area contributed by atoms with E-state index in [0.717, 1.165) is 20.2 Å². The van der Waals surface area contributed by atoms with Gasteiger partial charge in [-0.2, -0.15) is 0 Å². The molecule has 0 fully saturated rings. The molecule has 2 N–H and O–H groups in total. The lowest BCUT2D eigenvalue weighted by Crippen LogP contribution is -2.34. The number of carbonyl (C=O) groups excluding carboxylic acids is 1. The summed E-state index contributed by atoms with van der Waals surface area (Å²) >= 11 is 8.93. The number of hydrogen-bond acceptors (Lipinski definition) is 4. The Balaban J connectivity index is 1.67. The molecule has 7 heteroatoms. The van der Waals surface area contributed by atoms with Crippen LogP contribution < -0.4 is 10.6 Å². The van der Waals surface area contributed by atoms with E-state index in [4.69, 9.17) is 12.2 Å². The lowest BCUT2D eigenvalue weighted by Gasteiger charge is -2.08. The molecule has 3 rings (SSSR count). The minimum Gasteiger partial charge on any atom is -0.308 e. The number of thiazole rings is 1. The van der Waals surface area contributed by atoms with Crippen LogP contribution in [0.25, 0.3) is 10.2 Å². The maximum atomic E-state index is 12.3. The number of unbranched alkanes of at least 4 members (excludes halogenated alkanes) is 1. The first-order chi connectivity index (χ1) is 12.6. The zero-order valence-corrected chi connectivity index (χ0v) is 18.0. The van der Waals surface area contributed by atoms with E-state index in [1.54, 1.807) is 6.07 Å². The van der Waals surface area contributed by atoms with Gasteiger partial charge in [-0.3, -0.25) is 10.1 Å². The molecular formula is C19H18IN3OS2. The molecule has 0 radical (unpaired) electrons. The summed E-state index contributed by atoms with van der Waals surface area (Å²) < 4.78 is 2.00. The van der Waals surface area contributed by atoms with Crippen LogP contribution in [0.1, 0.15) is 35.7 Å². The minimum absolute atomic E-state index is 0.226. The fourth-order valence-corrected chi connectivity index (χ4v) is 4.32. The molecule has 3 aromatic rings. The van der Waals surface area contributed by atoms with E-state index in [-0.39, 0.29) is 11.0 Å². The third-order valence-electron chi connectivity index (χ3n) is 3.84. The molecule has 1 amide bonds. The third kappa shape index (κ3) is 4.77. The molecule has 4 nitrogen and oxygen atoms in total. The van der Waals surface area contributed by atoms with Gasteiger partial charge in [0.05, 0.1) is 15.8 Å².